The molecule has 0 aliphatic rings. The maximum absolute atomic E-state index is 14.3. The normalized spacial score (nSPS) is 14.9. The van der Waals surface area contributed by atoms with Gasteiger partial charge in [-0.25, -0.2) is 0 Å². The minimum atomic E-state index is -8.67. The van der Waals surface area contributed by atoms with E-state index in [2.05, 4.69) is 0 Å². The summed E-state index contributed by atoms with van der Waals surface area (Å²) < 4.78 is 230. The highest BCUT2D eigenvalue weighted by molar-refractivity contribution is 7.99. The number of carbonyl (C=O) groups is 1. The molecule has 5 aromatic carbocycles. The van der Waals surface area contributed by atoms with Crippen molar-refractivity contribution >= 4 is 50.0 Å². The first-order valence-corrected chi connectivity index (χ1v) is 16.9. The first kappa shape index (κ1) is 42.9. The van der Waals surface area contributed by atoms with Gasteiger partial charge in [0.15, 0.2) is 0 Å². The van der Waals surface area contributed by atoms with E-state index in [-0.39, 0.29) is 35.1 Å². The van der Waals surface area contributed by atoms with Gasteiger partial charge >= 0.3 is 53.6 Å². The number of carboxylic acids is 1. The van der Waals surface area contributed by atoms with Crippen molar-refractivity contribution in [3.8, 4) is 0 Å². The third-order valence-electron chi connectivity index (χ3n) is 9.37. The van der Waals surface area contributed by atoms with Crippen LogP contribution in [-0.4, -0.2) is 64.5 Å². The summed E-state index contributed by atoms with van der Waals surface area (Å²) in [6, 6.07) is 21.9. The predicted octanol–water partition coefficient (Wildman–Crippen LogP) is 12.9. The van der Waals surface area contributed by atoms with E-state index in [1.54, 1.807) is 0 Å². The Bertz CT molecular complexity index is 2200. The second-order valence-corrected chi connectivity index (χ2v) is 14.0. The summed E-state index contributed by atoms with van der Waals surface area (Å²) in [4.78, 5) is 12.1. The zero-order valence-electron chi connectivity index (χ0n) is 27.6. The Balaban J connectivity index is 1.27. The lowest BCUT2D eigenvalue weighted by Gasteiger charge is -2.42. The van der Waals surface area contributed by atoms with Gasteiger partial charge in [-0.2, -0.15) is 74.6 Å². The molecule has 0 radical (unpaired) electrons. The molecule has 0 saturated carbocycles. The van der Waals surface area contributed by atoms with Crippen molar-refractivity contribution in [2.45, 2.75) is 77.7 Å². The maximum atomic E-state index is 14.3. The van der Waals surface area contributed by atoms with E-state index in [1.807, 2.05) is 54.6 Å². The van der Waals surface area contributed by atoms with Gasteiger partial charge in [0.25, 0.3) is 0 Å². The Labute approximate surface area is 308 Å². The molecule has 0 fully saturated rings. The molecule has 1 N–H and O–H groups in total. The van der Waals surface area contributed by atoms with Crippen LogP contribution in [0.2, 0.25) is 0 Å². The van der Waals surface area contributed by atoms with Crippen LogP contribution >= 0.6 is 11.8 Å². The highest BCUT2D eigenvalue weighted by Gasteiger charge is 2.95. The highest BCUT2D eigenvalue weighted by Crippen LogP contribution is 2.64. The van der Waals surface area contributed by atoms with Crippen LogP contribution in [-0.2, 0) is 11.2 Å². The lowest BCUT2D eigenvalue weighted by Crippen LogP contribution is -2.74. The van der Waals surface area contributed by atoms with Crippen LogP contribution in [0.15, 0.2) is 83.8 Å². The lowest BCUT2D eigenvalue weighted by molar-refractivity contribution is -0.461. The van der Waals surface area contributed by atoms with Crippen LogP contribution < -0.4 is 0 Å². The molecule has 0 heterocycles. The fourth-order valence-electron chi connectivity index (χ4n) is 6.19. The van der Waals surface area contributed by atoms with Gasteiger partial charge in [-0.3, -0.25) is 4.79 Å². The topological polar surface area (TPSA) is 37.3 Å². The lowest BCUT2D eigenvalue weighted by atomic mass is 9.88. The van der Waals surface area contributed by atoms with Gasteiger partial charge in [-0.1, -0.05) is 66.7 Å². The summed E-state index contributed by atoms with van der Waals surface area (Å²) in [5, 5.41) is 15.8. The standard InChI is InChI=1S/C36H23F17O2S/c37-29(38,30(39,40)31(41,42)32(43,44)33(45,46)34(47,48)35(49,50)36(51,52)53)16-17-56-23-12-8-19(9-13-23)25(28(54)55)15-10-18-4-5-22-7-6-20-2-1-3-21-11-14-24(18)27(22)26(20)21/h1-9,11-14,25H,10,15-17H2,(H,54,55). The fraction of sp³-hybridized carbons (Fsp3) is 0.361. The van der Waals surface area contributed by atoms with E-state index in [9.17, 15) is 84.5 Å². The van der Waals surface area contributed by atoms with Gasteiger partial charge in [-0.05, 0) is 68.4 Å². The number of halogens is 17. The SMILES string of the molecule is O=C(O)C(CCc1ccc2ccc3cccc4ccc1c2c34)c1ccc(SCCC(F)(F)C(F)(F)C(F)(F)C(F)(F)C(F)(F)C(F)(F)C(F)(F)C(F)(F)F)cc1. The molecule has 0 aliphatic carbocycles. The summed E-state index contributed by atoms with van der Waals surface area (Å²) in [6.45, 7) is 0. The van der Waals surface area contributed by atoms with Crippen molar-refractivity contribution in [1.82, 2.24) is 0 Å². The number of carboxylic acid groups (broad SMARTS) is 1. The molecule has 20 heteroatoms. The van der Waals surface area contributed by atoms with Crippen molar-refractivity contribution in [3.05, 3.63) is 90.0 Å². The second-order valence-electron chi connectivity index (χ2n) is 12.8. The van der Waals surface area contributed by atoms with E-state index >= 15 is 0 Å². The molecule has 1 unspecified atom stereocenters. The molecule has 56 heavy (non-hydrogen) atoms. The third kappa shape index (κ3) is 6.62. The molecule has 1 atom stereocenters. The first-order valence-electron chi connectivity index (χ1n) is 15.9. The van der Waals surface area contributed by atoms with Gasteiger partial charge in [0.05, 0.1) is 5.92 Å². The van der Waals surface area contributed by atoms with Gasteiger partial charge in [-0.15, -0.1) is 11.8 Å². The Morgan fingerprint density at radius 1 is 0.554 bits per heavy atom. The maximum Gasteiger partial charge on any atom is 0.460 e. The molecule has 0 spiro atoms. The molecule has 0 saturated heterocycles. The number of thioether (sulfide) groups is 1. The van der Waals surface area contributed by atoms with Gasteiger partial charge in [0, 0.05) is 17.1 Å². The van der Waals surface area contributed by atoms with Crippen molar-refractivity contribution in [3.63, 3.8) is 0 Å². The predicted molar refractivity (Wildman–Crippen MR) is 171 cm³/mol. The summed E-state index contributed by atoms with van der Waals surface area (Å²) in [6.07, 6.45) is -10.1. The number of rotatable bonds is 15. The van der Waals surface area contributed by atoms with Crippen LogP contribution in [0.25, 0.3) is 32.3 Å². The van der Waals surface area contributed by atoms with E-state index < -0.39 is 71.7 Å². The van der Waals surface area contributed by atoms with Crippen LogP contribution in [0.1, 0.15) is 29.9 Å². The zero-order valence-corrected chi connectivity index (χ0v) is 28.4. The van der Waals surface area contributed by atoms with Gasteiger partial charge in [0.2, 0.25) is 0 Å². The number of alkyl halides is 17. The Hall–Kier alpha value is -4.23. The number of benzene rings is 5. The molecular weight excluding hydrogens is 819 g/mol. The van der Waals surface area contributed by atoms with E-state index in [0.717, 1.165) is 50.0 Å². The average molecular weight is 843 g/mol. The summed E-state index contributed by atoms with van der Waals surface area (Å²) >= 11 is 0.156. The molecule has 0 amide bonds. The fourth-order valence-corrected chi connectivity index (χ4v) is 7.12. The smallest absolute Gasteiger partial charge is 0.460 e. The molecular formula is C36H23F17O2S. The molecule has 304 valence electrons. The van der Waals surface area contributed by atoms with Crippen LogP contribution in [0, 0.1) is 0 Å². The minimum Gasteiger partial charge on any atom is -0.481 e. The summed E-state index contributed by atoms with van der Waals surface area (Å²) in [7, 11) is 0. The van der Waals surface area contributed by atoms with Gasteiger partial charge in [0.1, 0.15) is 0 Å². The molecule has 0 aromatic heterocycles. The van der Waals surface area contributed by atoms with Crippen molar-refractivity contribution in [2.75, 3.05) is 5.75 Å². The summed E-state index contributed by atoms with van der Waals surface area (Å²) in [5.41, 5.74) is 0.999. The number of aliphatic carboxylic acids is 1. The van der Waals surface area contributed by atoms with E-state index in [4.69, 9.17) is 0 Å². The number of aryl methyl sites for hydroxylation is 1. The van der Waals surface area contributed by atoms with E-state index in [0.29, 0.717) is 0 Å². The third-order valence-corrected chi connectivity index (χ3v) is 10.4. The molecule has 5 aromatic rings. The van der Waals surface area contributed by atoms with Crippen LogP contribution in [0.4, 0.5) is 74.6 Å². The quantitative estimate of drug-likeness (QED) is 0.0648. The highest BCUT2D eigenvalue weighted by atomic mass is 32.2. The Morgan fingerprint density at radius 3 is 1.54 bits per heavy atom. The largest absolute Gasteiger partial charge is 0.481 e. The van der Waals surface area contributed by atoms with Crippen molar-refractivity contribution in [2.24, 2.45) is 0 Å². The van der Waals surface area contributed by atoms with Gasteiger partial charge < -0.3 is 5.11 Å². The number of hydrogen-bond acceptors (Lipinski definition) is 2. The van der Waals surface area contributed by atoms with Crippen molar-refractivity contribution < 1.29 is 84.5 Å². The summed E-state index contributed by atoms with van der Waals surface area (Å²) in [5.74, 6) is -60.4. The van der Waals surface area contributed by atoms with Crippen molar-refractivity contribution in [1.29, 1.82) is 0 Å². The Kier molecular flexibility index (Phi) is 10.7. The second kappa shape index (κ2) is 14.0. The number of hydrogen-bond donors (Lipinski definition) is 1. The van der Waals surface area contributed by atoms with E-state index in [1.165, 1.54) is 12.1 Å². The molecule has 2 nitrogen and oxygen atoms in total. The molecule has 5 rings (SSSR count). The monoisotopic (exact) mass is 842 g/mol. The molecule has 0 aliphatic heterocycles. The molecule has 0 bridgehead atoms. The van der Waals surface area contributed by atoms with Crippen LogP contribution in [0.5, 0.6) is 0 Å². The Morgan fingerprint density at radius 2 is 1.02 bits per heavy atom. The first-order chi connectivity index (χ1) is 25.5. The zero-order chi connectivity index (χ0) is 42.1. The minimum absolute atomic E-state index is 0.0464. The van der Waals surface area contributed by atoms with Crippen LogP contribution in [0.3, 0.4) is 0 Å². The average Bonchev–Trinajstić information content (AvgIpc) is 3.10.